The highest BCUT2D eigenvalue weighted by Gasteiger charge is 2.50. The van der Waals surface area contributed by atoms with Crippen LogP contribution in [0.5, 0.6) is 0 Å². The third kappa shape index (κ3) is 2.21. The molecule has 0 N–H and O–H groups in total. The van der Waals surface area contributed by atoms with Gasteiger partial charge in [-0.2, -0.15) is 0 Å². The van der Waals surface area contributed by atoms with Crippen LogP contribution in [-0.2, 0) is 0 Å². The van der Waals surface area contributed by atoms with Crippen molar-refractivity contribution in [2.75, 3.05) is 0 Å². The molecule has 0 aromatic rings. The van der Waals surface area contributed by atoms with E-state index in [0.717, 1.165) is 18.3 Å². The van der Waals surface area contributed by atoms with Crippen LogP contribution in [0.2, 0.25) is 0 Å². The first-order valence-electron chi connectivity index (χ1n) is 7.27. The van der Waals surface area contributed by atoms with Crippen LogP contribution in [0.3, 0.4) is 0 Å². The van der Waals surface area contributed by atoms with Crippen molar-refractivity contribution >= 4 is 17.4 Å². The minimum Gasteiger partial charge on any atom is -0.225 e. The topological polar surface area (TPSA) is 12.4 Å². The normalized spacial score (nSPS) is 39.8. The van der Waals surface area contributed by atoms with Crippen LogP contribution in [0.15, 0.2) is 16.6 Å². The van der Waals surface area contributed by atoms with E-state index in [2.05, 4.69) is 38.9 Å². The summed E-state index contributed by atoms with van der Waals surface area (Å²) in [5, 5.41) is 2.71. The maximum Gasteiger partial charge on any atom is 0.0804 e. The molecule has 100 valence electrons. The Hall–Kier alpha value is -0.460. The number of thiocarbonyl (C=S) groups is 1. The van der Waals surface area contributed by atoms with Crippen molar-refractivity contribution < 1.29 is 0 Å². The van der Waals surface area contributed by atoms with Crippen LogP contribution in [0.4, 0.5) is 0 Å². The predicted octanol–water partition coefficient (Wildman–Crippen LogP) is 4.89. The second kappa shape index (κ2) is 5.27. The highest BCUT2D eigenvalue weighted by Crippen LogP contribution is 2.52. The van der Waals surface area contributed by atoms with Gasteiger partial charge in [0.1, 0.15) is 0 Å². The first kappa shape index (κ1) is 14.0. The van der Waals surface area contributed by atoms with Gasteiger partial charge in [-0.1, -0.05) is 32.4 Å². The van der Waals surface area contributed by atoms with Crippen molar-refractivity contribution in [3.05, 3.63) is 11.6 Å². The monoisotopic (exact) mass is 263 g/mol. The second-order valence-electron chi connectivity index (χ2n) is 6.62. The van der Waals surface area contributed by atoms with Gasteiger partial charge in [-0.15, -0.1) is 0 Å². The van der Waals surface area contributed by atoms with Crippen molar-refractivity contribution in [3.63, 3.8) is 0 Å². The minimum absolute atomic E-state index is 0.0500. The van der Waals surface area contributed by atoms with E-state index < -0.39 is 0 Å². The third-order valence-electron chi connectivity index (χ3n) is 5.32. The van der Waals surface area contributed by atoms with E-state index in [1.54, 1.807) is 0 Å². The minimum atomic E-state index is 0.0500. The molecule has 0 saturated heterocycles. The zero-order valence-electron chi connectivity index (χ0n) is 12.1. The van der Waals surface area contributed by atoms with Crippen molar-refractivity contribution in [2.45, 2.75) is 58.9 Å². The van der Waals surface area contributed by atoms with E-state index in [1.165, 1.54) is 24.8 Å². The lowest BCUT2D eigenvalue weighted by Crippen LogP contribution is -2.51. The number of rotatable bonds is 2. The number of hydrogen-bond acceptors (Lipinski definition) is 2. The number of hydrogen-bond donors (Lipinski definition) is 0. The molecule has 0 aromatic heterocycles. The average Bonchev–Trinajstić information content (AvgIpc) is 2.31. The molecule has 0 heterocycles. The van der Waals surface area contributed by atoms with Crippen LogP contribution in [0.1, 0.15) is 53.4 Å². The Morgan fingerprint density at radius 1 is 1.44 bits per heavy atom. The van der Waals surface area contributed by atoms with Gasteiger partial charge in [0.2, 0.25) is 0 Å². The van der Waals surface area contributed by atoms with E-state index in [4.69, 9.17) is 17.2 Å². The van der Waals surface area contributed by atoms with E-state index in [-0.39, 0.29) is 5.54 Å². The van der Waals surface area contributed by atoms with Crippen LogP contribution >= 0.6 is 12.2 Å². The van der Waals surface area contributed by atoms with Gasteiger partial charge in [0.05, 0.1) is 10.7 Å². The summed E-state index contributed by atoms with van der Waals surface area (Å²) in [6.07, 6.45) is 7.45. The van der Waals surface area contributed by atoms with Gasteiger partial charge in [-0.25, -0.2) is 4.99 Å². The Kier molecular flexibility index (Phi) is 4.08. The molecule has 2 rings (SSSR count). The molecule has 2 aliphatic rings. The van der Waals surface area contributed by atoms with Crippen molar-refractivity contribution in [1.29, 1.82) is 0 Å². The largest absolute Gasteiger partial charge is 0.225 e. The van der Waals surface area contributed by atoms with Crippen LogP contribution in [-0.4, -0.2) is 10.7 Å². The molecule has 4 atom stereocenters. The first-order valence-corrected chi connectivity index (χ1v) is 7.68. The summed E-state index contributed by atoms with van der Waals surface area (Å²) >= 11 is 4.95. The summed E-state index contributed by atoms with van der Waals surface area (Å²) in [6, 6.07) is 0. The zero-order chi connectivity index (χ0) is 13.3. The van der Waals surface area contributed by atoms with Crippen LogP contribution < -0.4 is 0 Å². The van der Waals surface area contributed by atoms with Gasteiger partial charge in [0, 0.05) is 5.92 Å². The summed E-state index contributed by atoms with van der Waals surface area (Å²) < 4.78 is 0. The molecular formula is C16H25NS. The number of fused-ring (bicyclic) bond motifs is 1. The molecule has 0 aliphatic heterocycles. The highest BCUT2D eigenvalue weighted by atomic mass is 32.1. The number of nitrogens with zero attached hydrogens (tertiary/aromatic N) is 1. The maximum absolute atomic E-state index is 4.95. The average molecular weight is 263 g/mol. The Morgan fingerprint density at radius 3 is 2.78 bits per heavy atom. The molecular weight excluding hydrogens is 238 g/mol. The zero-order valence-corrected chi connectivity index (χ0v) is 12.9. The van der Waals surface area contributed by atoms with Crippen molar-refractivity contribution in [2.24, 2.45) is 28.7 Å². The molecule has 2 heteroatoms. The molecule has 0 radical (unpaired) electrons. The predicted molar refractivity (Wildman–Crippen MR) is 81.0 cm³/mol. The standard InChI is InChI=1S/C16H25NS/c1-11(2)14-6-5-13(4)16(17-10-18)8-7-12(3)9-15(14)16/h9,11,13-15H,5-8H2,1-4H3/t13-,14+,15+,16+/m1/s1. The second-order valence-corrected chi connectivity index (χ2v) is 6.80. The summed E-state index contributed by atoms with van der Waals surface area (Å²) in [5.74, 6) is 2.69. The molecule has 0 aromatic carbocycles. The third-order valence-corrected chi connectivity index (χ3v) is 5.41. The maximum atomic E-state index is 4.95. The first-order chi connectivity index (χ1) is 8.51. The fourth-order valence-electron chi connectivity index (χ4n) is 4.11. The van der Waals surface area contributed by atoms with Crippen molar-refractivity contribution in [3.8, 4) is 0 Å². The lowest BCUT2D eigenvalue weighted by Gasteiger charge is -2.51. The highest BCUT2D eigenvalue weighted by molar-refractivity contribution is 7.78. The number of allylic oxidation sites excluding steroid dienone is 1. The van der Waals surface area contributed by atoms with Crippen LogP contribution in [0, 0.1) is 23.7 Å². The summed E-state index contributed by atoms with van der Waals surface area (Å²) in [6.45, 7) is 9.32. The smallest absolute Gasteiger partial charge is 0.0804 e. The fraction of sp³-hybridized carbons (Fsp3) is 0.812. The van der Waals surface area contributed by atoms with Gasteiger partial charge in [0.15, 0.2) is 0 Å². The number of aliphatic imine (C=N–C) groups is 1. The fourth-order valence-corrected chi connectivity index (χ4v) is 4.28. The molecule has 18 heavy (non-hydrogen) atoms. The van der Waals surface area contributed by atoms with Gasteiger partial charge in [-0.3, -0.25) is 0 Å². The van der Waals surface area contributed by atoms with Gasteiger partial charge >= 0.3 is 0 Å². The quantitative estimate of drug-likeness (QED) is 0.393. The molecule has 0 spiro atoms. The van der Waals surface area contributed by atoms with E-state index in [9.17, 15) is 0 Å². The van der Waals surface area contributed by atoms with Gasteiger partial charge < -0.3 is 0 Å². The Labute approximate surface area is 117 Å². The summed E-state index contributed by atoms with van der Waals surface area (Å²) in [4.78, 5) is 4.71. The number of isothiocyanates is 1. The Bertz CT molecular complexity index is 392. The van der Waals surface area contributed by atoms with Gasteiger partial charge in [0.25, 0.3) is 0 Å². The molecule has 1 fully saturated rings. The Morgan fingerprint density at radius 2 is 2.17 bits per heavy atom. The molecule has 1 saturated carbocycles. The molecule has 0 unspecified atom stereocenters. The Balaban J connectivity index is 2.46. The van der Waals surface area contributed by atoms with Gasteiger partial charge in [-0.05, 0) is 62.6 Å². The SMILES string of the molecule is CC1=C[C@H]2[C@H](C(C)C)CC[C@@H](C)[C@@]2(N=C=S)CC1. The summed E-state index contributed by atoms with van der Waals surface area (Å²) in [5.41, 5.74) is 1.59. The molecule has 0 bridgehead atoms. The van der Waals surface area contributed by atoms with Crippen LogP contribution in [0.25, 0.3) is 0 Å². The molecule has 1 nitrogen and oxygen atoms in total. The summed E-state index contributed by atoms with van der Waals surface area (Å²) in [7, 11) is 0. The van der Waals surface area contributed by atoms with E-state index in [0.29, 0.717) is 11.8 Å². The van der Waals surface area contributed by atoms with Crippen molar-refractivity contribution in [1.82, 2.24) is 0 Å². The lowest BCUT2D eigenvalue weighted by atomic mass is 9.56. The lowest BCUT2D eigenvalue weighted by molar-refractivity contribution is 0.0607. The molecule has 0 amide bonds. The van der Waals surface area contributed by atoms with E-state index >= 15 is 0 Å². The van der Waals surface area contributed by atoms with E-state index in [1.807, 2.05) is 0 Å². The molecule has 2 aliphatic carbocycles.